The Balaban J connectivity index is 1.72. The molecule has 1 aliphatic rings. The molecule has 2 aromatic carbocycles. The summed E-state index contributed by atoms with van der Waals surface area (Å²) < 4.78 is 13.6. The van der Waals surface area contributed by atoms with Gasteiger partial charge in [0.15, 0.2) is 0 Å². The minimum atomic E-state index is -1.03. The third kappa shape index (κ3) is 3.57. The second kappa shape index (κ2) is 6.84. The number of halogens is 1. The molecule has 128 valence electrons. The van der Waals surface area contributed by atoms with Gasteiger partial charge < -0.3 is 5.32 Å². The van der Waals surface area contributed by atoms with Crippen LogP contribution < -0.4 is 5.32 Å². The number of hydrogen-bond acceptors (Lipinski definition) is 3. The molecule has 1 N–H and O–H groups in total. The van der Waals surface area contributed by atoms with Gasteiger partial charge in [-0.3, -0.25) is 4.79 Å². The normalized spacial score (nSPS) is 20.3. The van der Waals surface area contributed by atoms with Crippen LogP contribution >= 0.6 is 0 Å². The Bertz CT molecular complexity index is 822. The summed E-state index contributed by atoms with van der Waals surface area (Å²) in [6.45, 7) is 1.68. The highest BCUT2D eigenvalue weighted by Crippen LogP contribution is 2.23. The van der Waals surface area contributed by atoms with E-state index in [2.05, 4.69) is 10.4 Å². The molecule has 1 heterocycles. The van der Waals surface area contributed by atoms with E-state index in [-0.39, 0.29) is 5.56 Å². The van der Waals surface area contributed by atoms with Crippen LogP contribution in [0.5, 0.6) is 0 Å². The number of rotatable bonds is 5. The van der Waals surface area contributed by atoms with E-state index >= 15 is 0 Å². The molecule has 0 aliphatic carbocycles. The van der Waals surface area contributed by atoms with Crippen molar-refractivity contribution in [2.24, 2.45) is 5.10 Å². The van der Waals surface area contributed by atoms with Gasteiger partial charge in [0, 0.05) is 5.56 Å². The number of aryl methyl sites for hydroxylation is 1. The molecule has 1 fully saturated rings. The maximum Gasteiger partial charge on any atom is 0.346 e. The van der Waals surface area contributed by atoms with Crippen LogP contribution in [0.4, 0.5) is 9.18 Å². The molecule has 0 radical (unpaired) electrons. The van der Waals surface area contributed by atoms with E-state index in [9.17, 15) is 14.0 Å². The quantitative estimate of drug-likeness (QED) is 0.672. The number of imide groups is 1. The predicted octanol–water partition coefficient (Wildman–Crippen LogP) is 3.10. The minimum Gasteiger partial charge on any atom is -0.322 e. The highest BCUT2D eigenvalue weighted by atomic mass is 19.1. The summed E-state index contributed by atoms with van der Waals surface area (Å²) in [4.78, 5) is 24.7. The maximum atomic E-state index is 13.6. The standard InChI is InChI=1S/C19H18FN3O2/c1-19(12-11-14-7-3-2-4-8-14)17(24)23(18(25)22-19)21-13-15-9-5-6-10-16(15)20/h2-10,13H,11-12H2,1H3,(H,22,25)/b21-13-/t19-/m0/s1. The van der Waals surface area contributed by atoms with Gasteiger partial charge in [0.25, 0.3) is 5.91 Å². The molecule has 1 aliphatic heterocycles. The van der Waals surface area contributed by atoms with Gasteiger partial charge in [-0.25, -0.2) is 9.18 Å². The van der Waals surface area contributed by atoms with Gasteiger partial charge in [-0.15, -0.1) is 5.01 Å². The predicted molar refractivity (Wildman–Crippen MR) is 92.5 cm³/mol. The zero-order valence-corrected chi connectivity index (χ0v) is 13.8. The molecule has 0 bridgehead atoms. The molecule has 1 atom stereocenters. The van der Waals surface area contributed by atoms with Crippen LogP contribution in [0, 0.1) is 5.82 Å². The number of hydrazone groups is 1. The largest absolute Gasteiger partial charge is 0.346 e. The van der Waals surface area contributed by atoms with Gasteiger partial charge >= 0.3 is 6.03 Å². The van der Waals surface area contributed by atoms with Crippen molar-refractivity contribution in [1.82, 2.24) is 10.3 Å². The van der Waals surface area contributed by atoms with Crippen molar-refractivity contribution in [2.75, 3.05) is 0 Å². The van der Waals surface area contributed by atoms with Gasteiger partial charge in [-0.05, 0) is 31.4 Å². The summed E-state index contributed by atoms with van der Waals surface area (Å²) in [5, 5.41) is 7.32. The van der Waals surface area contributed by atoms with Crippen molar-refractivity contribution in [3.8, 4) is 0 Å². The van der Waals surface area contributed by atoms with Crippen LogP contribution in [0.3, 0.4) is 0 Å². The van der Waals surface area contributed by atoms with Gasteiger partial charge in [0.2, 0.25) is 0 Å². The number of urea groups is 1. The van der Waals surface area contributed by atoms with E-state index < -0.39 is 23.3 Å². The lowest BCUT2D eigenvalue weighted by Crippen LogP contribution is -2.44. The summed E-state index contributed by atoms with van der Waals surface area (Å²) >= 11 is 0. The first-order chi connectivity index (χ1) is 12.0. The molecule has 0 aromatic heterocycles. The van der Waals surface area contributed by atoms with Gasteiger partial charge in [-0.2, -0.15) is 5.10 Å². The minimum absolute atomic E-state index is 0.209. The molecular formula is C19H18FN3O2. The van der Waals surface area contributed by atoms with Gasteiger partial charge in [0.05, 0.1) is 6.21 Å². The van der Waals surface area contributed by atoms with Crippen LogP contribution in [-0.4, -0.2) is 28.7 Å². The summed E-state index contributed by atoms with van der Waals surface area (Å²) in [5.74, 6) is -0.911. The second-order valence-electron chi connectivity index (χ2n) is 6.13. The Morgan fingerprint density at radius 1 is 1.12 bits per heavy atom. The van der Waals surface area contributed by atoms with Crippen LogP contribution in [0.2, 0.25) is 0 Å². The third-order valence-electron chi connectivity index (χ3n) is 4.21. The first kappa shape index (κ1) is 16.8. The number of nitrogens with one attached hydrogen (secondary N) is 1. The number of nitrogens with zero attached hydrogens (tertiary/aromatic N) is 2. The van der Waals surface area contributed by atoms with Crippen LogP contribution in [-0.2, 0) is 11.2 Å². The van der Waals surface area contributed by atoms with Crippen molar-refractivity contribution >= 4 is 18.2 Å². The SMILES string of the molecule is C[C@@]1(CCc2ccccc2)NC(=O)N(/N=C\c2ccccc2F)C1=O. The summed E-state index contributed by atoms with van der Waals surface area (Å²) in [7, 11) is 0. The average molecular weight is 339 g/mol. The highest BCUT2D eigenvalue weighted by Gasteiger charge is 2.47. The lowest BCUT2D eigenvalue weighted by Gasteiger charge is -2.20. The second-order valence-corrected chi connectivity index (χ2v) is 6.13. The van der Waals surface area contributed by atoms with Crippen LogP contribution in [0.25, 0.3) is 0 Å². The average Bonchev–Trinajstić information content (AvgIpc) is 2.83. The lowest BCUT2D eigenvalue weighted by atomic mass is 9.93. The number of hydrogen-bond donors (Lipinski definition) is 1. The molecule has 1 saturated heterocycles. The van der Waals surface area contributed by atoms with E-state index in [0.29, 0.717) is 12.8 Å². The highest BCUT2D eigenvalue weighted by molar-refractivity contribution is 6.07. The van der Waals surface area contributed by atoms with E-state index in [0.717, 1.165) is 10.6 Å². The Morgan fingerprint density at radius 3 is 2.52 bits per heavy atom. The third-order valence-corrected chi connectivity index (χ3v) is 4.21. The van der Waals surface area contributed by atoms with E-state index in [1.54, 1.807) is 19.1 Å². The molecular weight excluding hydrogens is 321 g/mol. The van der Waals surface area contributed by atoms with E-state index in [4.69, 9.17) is 0 Å². The zero-order chi connectivity index (χ0) is 17.9. The number of carbonyl (C=O) groups is 2. The van der Waals surface area contributed by atoms with Gasteiger partial charge in [-0.1, -0.05) is 48.5 Å². The van der Waals surface area contributed by atoms with Crippen molar-refractivity contribution in [3.05, 3.63) is 71.5 Å². The number of carbonyl (C=O) groups excluding carboxylic acids is 2. The van der Waals surface area contributed by atoms with Crippen molar-refractivity contribution in [2.45, 2.75) is 25.3 Å². The van der Waals surface area contributed by atoms with E-state index in [1.165, 1.54) is 18.3 Å². The summed E-state index contributed by atoms with van der Waals surface area (Å²) in [6, 6.07) is 15.1. The first-order valence-electron chi connectivity index (χ1n) is 7.99. The molecule has 3 rings (SSSR count). The fourth-order valence-corrected chi connectivity index (χ4v) is 2.68. The first-order valence-corrected chi connectivity index (χ1v) is 7.99. The molecule has 2 aromatic rings. The number of benzene rings is 2. The molecule has 0 spiro atoms. The Labute approximate surface area is 145 Å². The molecule has 6 heteroatoms. The fraction of sp³-hybridized carbons (Fsp3) is 0.211. The fourth-order valence-electron chi connectivity index (χ4n) is 2.68. The Kier molecular flexibility index (Phi) is 4.61. The number of amides is 3. The zero-order valence-electron chi connectivity index (χ0n) is 13.8. The smallest absolute Gasteiger partial charge is 0.322 e. The topological polar surface area (TPSA) is 61.8 Å². The van der Waals surface area contributed by atoms with E-state index in [1.807, 2.05) is 30.3 Å². The lowest BCUT2D eigenvalue weighted by molar-refractivity contribution is -0.130. The van der Waals surface area contributed by atoms with Crippen molar-refractivity contribution in [3.63, 3.8) is 0 Å². The monoisotopic (exact) mass is 339 g/mol. The van der Waals surface area contributed by atoms with Gasteiger partial charge in [0.1, 0.15) is 11.4 Å². The molecule has 3 amide bonds. The Hall–Kier alpha value is -3.02. The molecule has 0 unspecified atom stereocenters. The van der Waals surface area contributed by atoms with Crippen LogP contribution in [0.1, 0.15) is 24.5 Å². The summed E-state index contributed by atoms with van der Waals surface area (Å²) in [6.07, 6.45) is 2.28. The molecule has 25 heavy (non-hydrogen) atoms. The van der Waals surface area contributed by atoms with Crippen molar-refractivity contribution < 1.29 is 14.0 Å². The summed E-state index contributed by atoms with van der Waals surface area (Å²) in [5.41, 5.74) is 0.263. The maximum absolute atomic E-state index is 13.6. The Morgan fingerprint density at radius 2 is 1.80 bits per heavy atom. The molecule has 0 saturated carbocycles. The van der Waals surface area contributed by atoms with Crippen LogP contribution in [0.15, 0.2) is 59.7 Å². The van der Waals surface area contributed by atoms with Crippen molar-refractivity contribution in [1.29, 1.82) is 0 Å². The molecule has 5 nitrogen and oxygen atoms in total.